The Bertz CT molecular complexity index is 1610. The molecular formula is C26H26N8O3S. The third-order valence-corrected chi connectivity index (χ3v) is 7.18. The van der Waals surface area contributed by atoms with E-state index in [2.05, 4.69) is 33.8 Å². The molecule has 6 rings (SSSR count). The number of fused-ring (bicyclic) bond motifs is 1. The van der Waals surface area contributed by atoms with Crippen molar-refractivity contribution >= 4 is 28.8 Å². The minimum Gasteiger partial charge on any atom is -0.396 e. The molecule has 3 aromatic heterocycles. The third kappa shape index (κ3) is 5.19. The molecule has 0 radical (unpaired) electrons. The summed E-state index contributed by atoms with van der Waals surface area (Å²) in [6.07, 6.45) is 0.785. The molecule has 0 spiro atoms. The monoisotopic (exact) mass is 530 g/mol. The number of benzene rings is 2. The number of piperazine rings is 1. The SMILES string of the molecule is O=c1ccc(-c2ccc3nsnc3c2)nn1Cc1cccc(-c2noc(N3CCN(CCCO)CC3)n2)c1. The van der Waals surface area contributed by atoms with Crippen molar-refractivity contribution < 1.29 is 9.63 Å². The summed E-state index contributed by atoms with van der Waals surface area (Å²) in [7, 11) is 0. The molecule has 194 valence electrons. The maximum atomic E-state index is 12.6. The van der Waals surface area contributed by atoms with Crippen LogP contribution in [0.15, 0.2) is 63.9 Å². The molecule has 1 N–H and O–H groups in total. The first-order valence-corrected chi connectivity index (χ1v) is 13.2. The third-order valence-electron chi connectivity index (χ3n) is 6.62. The molecule has 0 bridgehead atoms. The summed E-state index contributed by atoms with van der Waals surface area (Å²) in [6, 6.07) is 17.3. The minimum absolute atomic E-state index is 0.185. The van der Waals surface area contributed by atoms with E-state index in [0.29, 0.717) is 24.1 Å². The van der Waals surface area contributed by atoms with E-state index in [4.69, 9.17) is 9.63 Å². The number of hydrogen-bond donors (Lipinski definition) is 1. The minimum atomic E-state index is -0.185. The highest BCUT2D eigenvalue weighted by atomic mass is 32.1. The van der Waals surface area contributed by atoms with Gasteiger partial charge in [0.1, 0.15) is 11.0 Å². The summed E-state index contributed by atoms with van der Waals surface area (Å²) in [5, 5.41) is 17.9. The van der Waals surface area contributed by atoms with Gasteiger partial charge in [0.15, 0.2) is 0 Å². The van der Waals surface area contributed by atoms with Crippen LogP contribution < -0.4 is 10.5 Å². The number of rotatable bonds is 8. The molecule has 0 atom stereocenters. The molecule has 1 saturated heterocycles. The lowest BCUT2D eigenvalue weighted by atomic mass is 10.1. The van der Waals surface area contributed by atoms with E-state index in [1.807, 2.05) is 42.5 Å². The summed E-state index contributed by atoms with van der Waals surface area (Å²) in [5.41, 5.74) is 4.74. The molecule has 1 aliphatic rings. The Morgan fingerprint density at radius 2 is 1.82 bits per heavy atom. The van der Waals surface area contributed by atoms with Crippen molar-refractivity contribution in [2.45, 2.75) is 13.0 Å². The maximum Gasteiger partial charge on any atom is 0.324 e. The van der Waals surface area contributed by atoms with Crippen molar-refractivity contribution in [2.24, 2.45) is 0 Å². The van der Waals surface area contributed by atoms with Crippen molar-refractivity contribution in [1.82, 2.24) is 33.6 Å². The van der Waals surface area contributed by atoms with E-state index < -0.39 is 0 Å². The Hall–Kier alpha value is -4.00. The zero-order valence-corrected chi connectivity index (χ0v) is 21.4. The van der Waals surface area contributed by atoms with Gasteiger partial charge in [-0.25, -0.2) is 4.68 Å². The zero-order valence-electron chi connectivity index (χ0n) is 20.6. The highest BCUT2D eigenvalue weighted by molar-refractivity contribution is 7.00. The van der Waals surface area contributed by atoms with E-state index in [1.165, 1.54) is 22.5 Å². The van der Waals surface area contributed by atoms with Crippen molar-refractivity contribution in [3.05, 3.63) is 70.5 Å². The largest absolute Gasteiger partial charge is 0.396 e. The molecule has 0 saturated carbocycles. The Morgan fingerprint density at radius 3 is 2.68 bits per heavy atom. The lowest BCUT2D eigenvalue weighted by Crippen LogP contribution is -2.46. The van der Waals surface area contributed by atoms with Crippen LogP contribution in [0.4, 0.5) is 6.01 Å². The second-order valence-electron chi connectivity index (χ2n) is 9.19. The van der Waals surface area contributed by atoms with Gasteiger partial charge in [-0.2, -0.15) is 18.8 Å². The van der Waals surface area contributed by atoms with E-state index >= 15 is 0 Å². The van der Waals surface area contributed by atoms with Crippen LogP contribution in [0.2, 0.25) is 0 Å². The first kappa shape index (κ1) is 24.3. The summed E-state index contributed by atoms with van der Waals surface area (Å²) in [4.78, 5) is 21.7. The predicted octanol–water partition coefficient (Wildman–Crippen LogP) is 2.52. The first-order chi connectivity index (χ1) is 18.7. The number of hydrogen-bond acceptors (Lipinski definition) is 11. The zero-order chi connectivity index (χ0) is 25.9. The van der Waals surface area contributed by atoms with Gasteiger partial charge in [-0.15, -0.1) is 0 Å². The fraction of sp³-hybridized carbons (Fsp3) is 0.308. The molecule has 1 fully saturated rings. The smallest absolute Gasteiger partial charge is 0.324 e. The Kier molecular flexibility index (Phi) is 6.90. The van der Waals surface area contributed by atoms with E-state index in [-0.39, 0.29) is 12.2 Å². The van der Waals surface area contributed by atoms with Crippen LogP contribution >= 0.6 is 11.7 Å². The van der Waals surface area contributed by atoms with Crippen LogP contribution in [0, 0.1) is 0 Å². The van der Waals surface area contributed by atoms with Gasteiger partial charge in [0.2, 0.25) is 5.82 Å². The first-order valence-electron chi connectivity index (χ1n) is 12.5. The molecule has 0 unspecified atom stereocenters. The molecule has 11 nitrogen and oxygen atoms in total. The van der Waals surface area contributed by atoms with Gasteiger partial charge in [0.25, 0.3) is 5.56 Å². The molecule has 12 heteroatoms. The molecule has 0 amide bonds. The van der Waals surface area contributed by atoms with E-state index in [1.54, 1.807) is 6.07 Å². The molecule has 38 heavy (non-hydrogen) atoms. The summed E-state index contributed by atoms with van der Waals surface area (Å²) in [5.74, 6) is 0.504. The number of aliphatic hydroxyl groups excluding tert-OH is 1. The fourth-order valence-corrected chi connectivity index (χ4v) is 5.07. The molecule has 0 aliphatic carbocycles. The fourth-order valence-electron chi connectivity index (χ4n) is 4.56. The Morgan fingerprint density at radius 1 is 0.947 bits per heavy atom. The van der Waals surface area contributed by atoms with Crippen molar-refractivity contribution in [2.75, 3.05) is 44.2 Å². The average Bonchev–Trinajstić information content (AvgIpc) is 3.63. The number of aromatic nitrogens is 6. The van der Waals surface area contributed by atoms with E-state index in [9.17, 15) is 4.79 Å². The van der Waals surface area contributed by atoms with Crippen LogP contribution in [0.1, 0.15) is 12.0 Å². The molecule has 1 aliphatic heterocycles. The highest BCUT2D eigenvalue weighted by Gasteiger charge is 2.21. The lowest BCUT2D eigenvalue weighted by molar-refractivity contribution is 0.212. The molecule has 4 heterocycles. The lowest BCUT2D eigenvalue weighted by Gasteiger charge is -2.33. The van der Waals surface area contributed by atoms with Gasteiger partial charge in [0.05, 0.1) is 24.0 Å². The quantitative estimate of drug-likeness (QED) is 0.320. The van der Waals surface area contributed by atoms with Gasteiger partial charge in [0, 0.05) is 56.5 Å². The second-order valence-corrected chi connectivity index (χ2v) is 9.72. The average molecular weight is 531 g/mol. The van der Waals surface area contributed by atoms with Gasteiger partial charge >= 0.3 is 6.01 Å². The van der Waals surface area contributed by atoms with Gasteiger partial charge in [-0.1, -0.05) is 29.4 Å². The van der Waals surface area contributed by atoms with Crippen LogP contribution in [-0.4, -0.2) is 78.0 Å². The van der Waals surface area contributed by atoms with Crippen molar-refractivity contribution in [3.8, 4) is 22.6 Å². The highest BCUT2D eigenvalue weighted by Crippen LogP contribution is 2.23. The summed E-state index contributed by atoms with van der Waals surface area (Å²) >= 11 is 1.17. The Labute approximate surface area is 222 Å². The Balaban J connectivity index is 1.18. The summed E-state index contributed by atoms with van der Waals surface area (Å²) < 4.78 is 15.6. The van der Waals surface area contributed by atoms with Crippen LogP contribution in [0.3, 0.4) is 0 Å². The van der Waals surface area contributed by atoms with Gasteiger partial charge in [-0.3, -0.25) is 9.69 Å². The second kappa shape index (κ2) is 10.8. The normalized spacial score (nSPS) is 14.4. The van der Waals surface area contributed by atoms with Gasteiger partial charge in [-0.05, 0) is 36.2 Å². The molecule has 5 aromatic rings. The predicted molar refractivity (Wildman–Crippen MR) is 144 cm³/mol. The number of aliphatic hydroxyl groups is 1. The topological polar surface area (TPSA) is 126 Å². The maximum absolute atomic E-state index is 12.6. The molecular weight excluding hydrogens is 504 g/mol. The van der Waals surface area contributed by atoms with Crippen molar-refractivity contribution in [3.63, 3.8) is 0 Å². The number of nitrogens with zero attached hydrogens (tertiary/aromatic N) is 8. The van der Waals surface area contributed by atoms with Crippen LogP contribution in [0.25, 0.3) is 33.7 Å². The van der Waals surface area contributed by atoms with E-state index in [0.717, 1.165) is 66.9 Å². The van der Waals surface area contributed by atoms with Crippen molar-refractivity contribution in [1.29, 1.82) is 0 Å². The summed E-state index contributed by atoms with van der Waals surface area (Å²) in [6.45, 7) is 4.79. The number of anilines is 1. The van der Waals surface area contributed by atoms with Gasteiger partial charge < -0.3 is 14.5 Å². The van der Waals surface area contributed by atoms with Crippen LogP contribution in [-0.2, 0) is 6.54 Å². The van der Waals surface area contributed by atoms with Crippen LogP contribution in [0.5, 0.6) is 0 Å². The molecule has 2 aromatic carbocycles. The standard InChI is InChI=1S/C26H26N8O3S/c35-14-2-9-32-10-12-33(13-11-32)26-27-25(29-37-26)20-4-1-3-18(15-20)17-34-24(36)8-7-21(28-34)19-5-6-22-23(16-19)31-38-30-22/h1,3-8,15-16,35H,2,9-14,17H2.